The summed E-state index contributed by atoms with van der Waals surface area (Å²) in [6, 6.07) is 8.15. The Kier molecular flexibility index (Phi) is 4.12. The molecule has 4 heteroatoms. The molecule has 19 heavy (non-hydrogen) atoms. The number of ether oxygens (including phenoxy) is 1. The van der Waals surface area contributed by atoms with E-state index in [9.17, 15) is 4.39 Å². The number of aryl methyl sites for hydroxylation is 1. The van der Waals surface area contributed by atoms with E-state index in [1.54, 1.807) is 18.3 Å². The van der Waals surface area contributed by atoms with Crippen LogP contribution in [0.1, 0.15) is 29.7 Å². The number of aromatic nitrogens is 1. The van der Waals surface area contributed by atoms with E-state index >= 15 is 0 Å². The number of pyridine rings is 1. The summed E-state index contributed by atoms with van der Waals surface area (Å²) in [7, 11) is 0. The van der Waals surface area contributed by atoms with Crippen LogP contribution in [0.5, 0.6) is 5.88 Å². The second-order valence-corrected chi connectivity index (χ2v) is 4.59. The van der Waals surface area contributed by atoms with Crippen LogP contribution in [-0.4, -0.2) is 4.98 Å². The largest absolute Gasteiger partial charge is 0.473 e. The molecule has 100 valence electrons. The molecule has 1 aromatic heterocycles. The van der Waals surface area contributed by atoms with Crippen molar-refractivity contribution in [3.8, 4) is 5.88 Å². The predicted molar refractivity (Wildman–Crippen MR) is 72.3 cm³/mol. The monoisotopic (exact) mass is 260 g/mol. The first-order valence-electron chi connectivity index (χ1n) is 6.15. The fraction of sp³-hybridized carbons (Fsp3) is 0.267. The van der Waals surface area contributed by atoms with Crippen molar-refractivity contribution in [1.82, 2.24) is 4.98 Å². The lowest BCUT2D eigenvalue weighted by atomic mass is 10.1. The van der Waals surface area contributed by atoms with Crippen LogP contribution in [0.2, 0.25) is 0 Å². The van der Waals surface area contributed by atoms with Crippen molar-refractivity contribution in [3.63, 3.8) is 0 Å². The van der Waals surface area contributed by atoms with Crippen molar-refractivity contribution in [2.45, 2.75) is 26.5 Å². The number of hydrogen-bond donors (Lipinski definition) is 1. The lowest BCUT2D eigenvalue weighted by molar-refractivity contribution is 0.291. The van der Waals surface area contributed by atoms with Crippen LogP contribution in [0.4, 0.5) is 4.39 Å². The molecular formula is C15H17FN2O. The Labute approximate surface area is 112 Å². The summed E-state index contributed by atoms with van der Waals surface area (Å²) < 4.78 is 18.4. The Hall–Kier alpha value is -1.94. The normalized spacial score (nSPS) is 12.2. The highest BCUT2D eigenvalue weighted by Gasteiger charge is 2.06. The van der Waals surface area contributed by atoms with E-state index in [1.807, 2.05) is 19.9 Å². The van der Waals surface area contributed by atoms with Crippen LogP contribution in [-0.2, 0) is 6.61 Å². The number of rotatable bonds is 4. The first-order valence-corrected chi connectivity index (χ1v) is 6.15. The van der Waals surface area contributed by atoms with Gasteiger partial charge in [0.15, 0.2) is 0 Å². The van der Waals surface area contributed by atoms with E-state index in [4.69, 9.17) is 10.5 Å². The summed E-state index contributed by atoms with van der Waals surface area (Å²) in [6.45, 7) is 4.21. The minimum Gasteiger partial charge on any atom is -0.473 e. The molecule has 2 aromatic rings. The van der Waals surface area contributed by atoms with Gasteiger partial charge in [-0.25, -0.2) is 9.37 Å². The minimum absolute atomic E-state index is 0.0441. The van der Waals surface area contributed by atoms with Gasteiger partial charge in [0.25, 0.3) is 0 Å². The fourth-order valence-corrected chi connectivity index (χ4v) is 1.72. The molecule has 2 N–H and O–H groups in total. The Balaban J connectivity index is 2.05. The zero-order chi connectivity index (χ0) is 13.8. The number of benzene rings is 1. The van der Waals surface area contributed by atoms with Crippen molar-refractivity contribution in [3.05, 3.63) is 59.0 Å². The predicted octanol–water partition coefficient (Wildman–Crippen LogP) is 3.13. The average Bonchev–Trinajstić information content (AvgIpc) is 2.39. The van der Waals surface area contributed by atoms with Crippen molar-refractivity contribution in [2.24, 2.45) is 5.73 Å². The summed E-state index contributed by atoms with van der Waals surface area (Å²) >= 11 is 0. The third-order valence-electron chi connectivity index (χ3n) is 2.87. The molecule has 0 aliphatic rings. The highest BCUT2D eigenvalue weighted by molar-refractivity contribution is 5.30. The van der Waals surface area contributed by atoms with Gasteiger partial charge in [0.2, 0.25) is 5.88 Å². The molecule has 0 amide bonds. The maximum atomic E-state index is 12.8. The zero-order valence-electron chi connectivity index (χ0n) is 11.1. The minimum atomic E-state index is -0.251. The van der Waals surface area contributed by atoms with Crippen LogP contribution in [0.25, 0.3) is 0 Å². The molecule has 1 aromatic carbocycles. The molecule has 3 nitrogen and oxygen atoms in total. The summed E-state index contributed by atoms with van der Waals surface area (Å²) in [5.41, 5.74) is 8.62. The second-order valence-electron chi connectivity index (χ2n) is 4.59. The highest BCUT2D eigenvalue weighted by atomic mass is 19.1. The van der Waals surface area contributed by atoms with Gasteiger partial charge in [-0.1, -0.05) is 12.1 Å². The molecule has 0 aliphatic carbocycles. The second kappa shape index (κ2) is 5.80. The van der Waals surface area contributed by atoms with Gasteiger partial charge in [-0.2, -0.15) is 0 Å². The maximum Gasteiger partial charge on any atom is 0.216 e. The van der Waals surface area contributed by atoms with E-state index in [1.165, 1.54) is 12.1 Å². The Morgan fingerprint density at radius 1 is 1.32 bits per heavy atom. The molecule has 0 saturated carbocycles. The number of halogens is 1. The van der Waals surface area contributed by atoms with Gasteiger partial charge in [0, 0.05) is 17.8 Å². The lowest BCUT2D eigenvalue weighted by Gasteiger charge is -2.11. The van der Waals surface area contributed by atoms with Gasteiger partial charge in [-0.3, -0.25) is 0 Å². The van der Waals surface area contributed by atoms with Crippen molar-refractivity contribution in [1.29, 1.82) is 0 Å². The van der Waals surface area contributed by atoms with Crippen molar-refractivity contribution < 1.29 is 9.13 Å². The molecule has 0 aliphatic heterocycles. The zero-order valence-corrected chi connectivity index (χ0v) is 11.1. The summed E-state index contributed by atoms with van der Waals surface area (Å²) in [5, 5.41) is 0. The van der Waals surface area contributed by atoms with Crippen LogP contribution < -0.4 is 10.5 Å². The fourth-order valence-electron chi connectivity index (χ4n) is 1.72. The molecule has 0 spiro atoms. The summed E-state index contributed by atoms with van der Waals surface area (Å²) in [5.74, 6) is 0.327. The number of hydrogen-bond acceptors (Lipinski definition) is 3. The highest BCUT2D eigenvalue weighted by Crippen LogP contribution is 2.19. The molecular weight excluding hydrogens is 243 g/mol. The molecule has 1 atom stereocenters. The summed E-state index contributed by atoms with van der Waals surface area (Å²) in [4.78, 5) is 4.26. The van der Waals surface area contributed by atoms with E-state index in [0.29, 0.717) is 12.5 Å². The van der Waals surface area contributed by atoms with Gasteiger partial charge in [-0.15, -0.1) is 0 Å². The molecule has 2 rings (SSSR count). The van der Waals surface area contributed by atoms with Gasteiger partial charge in [0.05, 0.1) is 0 Å². The topological polar surface area (TPSA) is 48.1 Å². The SMILES string of the molecule is Cc1cc(C(C)N)cnc1OCc1ccc(F)cc1. The van der Waals surface area contributed by atoms with Crippen LogP contribution >= 0.6 is 0 Å². The lowest BCUT2D eigenvalue weighted by Crippen LogP contribution is -2.07. The smallest absolute Gasteiger partial charge is 0.216 e. The van der Waals surface area contributed by atoms with Gasteiger partial charge >= 0.3 is 0 Å². The Morgan fingerprint density at radius 3 is 2.58 bits per heavy atom. The van der Waals surface area contributed by atoms with Gasteiger partial charge in [-0.05, 0) is 43.2 Å². The first kappa shape index (κ1) is 13.5. The third-order valence-corrected chi connectivity index (χ3v) is 2.87. The molecule has 0 bridgehead atoms. The third kappa shape index (κ3) is 3.51. The van der Waals surface area contributed by atoms with E-state index in [-0.39, 0.29) is 11.9 Å². The quantitative estimate of drug-likeness (QED) is 0.918. The van der Waals surface area contributed by atoms with Crippen molar-refractivity contribution in [2.75, 3.05) is 0 Å². The van der Waals surface area contributed by atoms with Gasteiger partial charge < -0.3 is 10.5 Å². The van der Waals surface area contributed by atoms with Crippen LogP contribution in [0, 0.1) is 12.7 Å². The Morgan fingerprint density at radius 2 is 2.00 bits per heavy atom. The van der Waals surface area contributed by atoms with E-state index in [2.05, 4.69) is 4.98 Å². The number of nitrogens with two attached hydrogens (primary N) is 1. The van der Waals surface area contributed by atoms with Gasteiger partial charge in [0.1, 0.15) is 12.4 Å². The summed E-state index contributed by atoms with van der Waals surface area (Å²) in [6.07, 6.45) is 1.72. The molecule has 0 radical (unpaired) electrons. The van der Waals surface area contributed by atoms with E-state index in [0.717, 1.165) is 16.7 Å². The molecule has 1 unspecified atom stereocenters. The van der Waals surface area contributed by atoms with Crippen molar-refractivity contribution >= 4 is 0 Å². The first-order chi connectivity index (χ1) is 9.06. The Bertz CT molecular complexity index is 553. The molecule has 0 saturated heterocycles. The number of nitrogens with zero attached hydrogens (tertiary/aromatic N) is 1. The van der Waals surface area contributed by atoms with Crippen LogP contribution in [0.15, 0.2) is 36.5 Å². The standard InChI is InChI=1S/C15H17FN2O/c1-10-7-13(11(2)17)8-18-15(10)19-9-12-3-5-14(16)6-4-12/h3-8,11H,9,17H2,1-2H3. The average molecular weight is 260 g/mol. The van der Waals surface area contributed by atoms with Crippen LogP contribution in [0.3, 0.4) is 0 Å². The van der Waals surface area contributed by atoms with E-state index < -0.39 is 0 Å². The molecule has 1 heterocycles. The maximum absolute atomic E-state index is 12.8. The molecule has 0 fully saturated rings.